The number of aromatic nitrogens is 3. The van der Waals surface area contributed by atoms with Crippen molar-refractivity contribution < 1.29 is 5.02 Å². The number of hydrogen-bond acceptors (Lipinski definition) is 4. The smallest absolute Gasteiger partial charge is 0.376 e. The number of fused-ring (bicyclic) bond motifs is 2. The molecule has 2 atom stereocenters. The van der Waals surface area contributed by atoms with E-state index in [1.165, 1.54) is 28.1 Å². The maximum atomic E-state index is 10.1. The number of piperidine rings is 1. The van der Waals surface area contributed by atoms with Gasteiger partial charge in [0.15, 0.2) is 0 Å². The summed E-state index contributed by atoms with van der Waals surface area (Å²) in [5.74, 6) is 1.20. The zero-order chi connectivity index (χ0) is 24.5. The van der Waals surface area contributed by atoms with Crippen LogP contribution in [0.2, 0.25) is 11.8 Å². The van der Waals surface area contributed by atoms with Gasteiger partial charge < -0.3 is 14.4 Å². The van der Waals surface area contributed by atoms with Crippen LogP contribution in [0, 0.1) is 19.8 Å². The lowest BCUT2D eigenvalue weighted by Gasteiger charge is -2.37. The van der Waals surface area contributed by atoms with Gasteiger partial charge in [-0.15, -0.1) is 0 Å². The van der Waals surface area contributed by atoms with Crippen molar-refractivity contribution in [3.8, 4) is 0 Å². The molecule has 0 amide bonds. The summed E-state index contributed by atoms with van der Waals surface area (Å²) in [6.45, 7) is 8.94. The molecule has 0 saturated carbocycles. The van der Waals surface area contributed by atoms with Crippen LogP contribution in [0.3, 0.4) is 0 Å². The molecule has 1 saturated heterocycles. The van der Waals surface area contributed by atoms with Gasteiger partial charge in [-0.05, 0) is 113 Å². The lowest BCUT2D eigenvalue weighted by Crippen LogP contribution is -2.44. The van der Waals surface area contributed by atoms with E-state index in [1.54, 1.807) is 0 Å². The van der Waals surface area contributed by atoms with Crippen molar-refractivity contribution in [2.75, 3.05) is 13.1 Å². The highest BCUT2D eigenvalue weighted by atomic mass is 35.5. The molecule has 184 valence electrons. The first-order valence-electron chi connectivity index (χ1n) is 13.1. The second-order valence-electron chi connectivity index (χ2n) is 10.5. The monoisotopic (exact) mass is 490 g/mol. The molecule has 2 aromatic heterocycles. The Labute approximate surface area is 214 Å². The van der Waals surface area contributed by atoms with Gasteiger partial charge in [0.05, 0.1) is 17.7 Å². The van der Waals surface area contributed by atoms with E-state index in [9.17, 15) is 5.02 Å². The first-order chi connectivity index (χ1) is 16.9. The van der Waals surface area contributed by atoms with Crippen LogP contribution >= 0.6 is 11.6 Å². The van der Waals surface area contributed by atoms with E-state index in [0.29, 0.717) is 11.8 Å². The molecule has 3 aromatic rings. The zero-order valence-corrected chi connectivity index (χ0v) is 21.9. The van der Waals surface area contributed by atoms with Crippen molar-refractivity contribution in [3.63, 3.8) is 0 Å². The quantitative estimate of drug-likeness (QED) is 0.455. The van der Waals surface area contributed by atoms with Gasteiger partial charge >= 0.3 is 7.05 Å². The summed E-state index contributed by atoms with van der Waals surface area (Å²) in [6, 6.07) is 10.9. The lowest BCUT2D eigenvalue weighted by molar-refractivity contribution is 0.235. The second kappa shape index (κ2) is 10.5. The van der Waals surface area contributed by atoms with Crippen molar-refractivity contribution in [2.45, 2.75) is 71.2 Å². The van der Waals surface area contributed by atoms with E-state index >= 15 is 0 Å². The minimum atomic E-state index is -0.381. The largest absolute Gasteiger partial charge is 0.437 e. The van der Waals surface area contributed by atoms with Gasteiger partial charge in [-0.3, -0.25) is 4.98 Å². The van der Waals surface area contributed by atoms with Crippen LogP contribution in [0.25, 0.3) is 0 Å². The Morgan fingerprint density at radius 1 is 1.11 bits per heavy atom. The number of rotatable bonds is 6. The third kappa shape index (κ3) is 5.07. The first kappa shape index (κ1) is 24.5. The van der Waals surface area contributed by atoms with Crippen molar-refractivity contribution in [1.29, 1.82) is 0 Å². The SMILES string of the molecule is CB(O)N1CCC(C2c3ccc(Cl)cc3CC(CCCn3cnc(C)c3C)c3cccnc32)CC1. The fourth-order valence-electron chi connectivity index (χ4n) is 6.25. The third-order valence-electron chi connectivity index (χ3n) is 8.38. The molecule has 5 rings (SSSR count). The molecule has 0 radical (unpaired) electrons. The van der Waals surface area contributed by atoms with Crippen molar-refractivity contribution in [1.82, 2.24) is 19.3 Å². The maximum absolute atomic E-state index is 10.1. The highest BCUT2D eigenvalue weighted by Gasteiger charge is 2.37. The molecule has 1 aromatic carbocycles. The molecule has 0 bridgehead atoms. The third-order valence-corrected chi connectivity index (χ3v) is 8.62. The summed E-state index contributed by atoms with van der Waals surface area (Å²) in [5, 5.41) is 10.9. The molecule has 1 fully saturated rings. The highest BCUT2D eigenvalue weighted by molar-refractivity contribution is 6.45. The predicted molar refractivity (Wildman–Crippen MR) is 143 cm³/mol. The predicted octanol–water partition coefficient (Wildman–Crippen LogP) is 5.62. The van der Waals surface area contributed by atoms with Gasteiger partial charge in [-0.1, -0.05) is 23.7 Å². The summed E-state index contributed by atoms with van der Waals surface area (Å²) in [4.78, 5) is 11.7. The molecule has 1 aliphatic carbocycles. The Morgan fingerprint density at radius 3 is 2.63 bits per heavy atom. The Kier molecular flexibility index (Phi) is 7.33. The fraction of sp³-hybridized carbons (Fsp3) is 0.500. The molecule has 3 heterocycles. The molecule has 1 aliphatic heterocycles. The summed E-state index contributed by atoms with van der Waals surface area (Å²) >= 11 is 6.52. The van der Waals surface area contributed by atoms with Crippen LogP contribution in [0.15, 0.2) is 42.9 Å². The standard InChI is InChI=1S/C28H36BClN4O/c1-19-20(2)33(18-32-19)13-5-6-22-16-23-17-24(30)8-9-25(23)27(28-26(22)7-4-12-31-28)21-10-14-34(15-11-21)29(3)35/h4,7-9,12,17-18,21-22,27,35H,5-6,10-11,13-16H2,1-3H3. The lowest BCUT2D eigenvalue weighted by atomic mass is 9.73. The summed E-state index contributed by atoms with van der Waals surface area (Å²) in [5.41, 5.74) is 7.80. The molecule has 2 unspecified atom stereocenters. The Bertz CT molecular complexity index is 1170. The van der Waals surface area contributed by atoms with E-state index in [-0.39, 0.29) is 13.0 Å². The van der Waals surface area contributed by atoms with Gasteiger partial charge in [0.1, 0.15) is 0 Å². The van der Waals surface area contributed by atoms with Gasteiger partial charge in [-0.2, -0.15) is 0 Å². The van der Waals surface area contributed by atoms with E-state index in [1.807, 2.05) is 25.4 Å². The van der Waals surface area contributed by atoms with Gasteiger partial charge in [0.25, 0.3) is 0 Å². The summed E-state index contributed by atoms with van der Waals surface area (Å²) < 4.78 is 2.28. The number of halogens is 1. The van der Waals surface area contributed by atoms with Crippen LogP contribution in [0.4, 0.5) is 0 Å². The number of benzene rings is 1. The highest BCUT2D eigenvalue weighted by Crippen LogP contribution is 2.46. The molecule has 2 aliphatic rings. The minimum Gasteiger partial charge on any atom is -0.437 e. The Hall–Kier alpha value is -2.15. The molecule has 7 heteroatoms. The van der Waals surface area contributed by atoms with E-state index in [2.05, 4.69) is 52.5 Å². The number of hydrogen-bond donors (Lipinski definition) is 1. The molecule has 5 nitrogen and oxygen atoms in total. The maximum Gasteiger partial charge on any atom is 0.376 e. The fourth-order valence-corrected chi connectivity index (χ4v) is 6.45. The second-order valence-corrected chi connectivity index (χ2v) is 10.9. The zero-order valence-electron chi connectivity index (χ0n) is 21.1. The summed E-state index contributed by atoms with van der Waals surface area (Å²) in [7, 11) is -0.381. The molecule has 35 heavy (non-hydrogen) atoms. The first-order valence-corrected chi connectivity index (χ1v) is 13.4. The molecule has 0 spiro atoms. The van der Waals surface area contributed by atoms with E-state index < -0.39 is 0 Å². The van der Waals surface area contributed by atoms with Crippen molar-refractivity contribution >= 4 is 18.7 Å². The topological polar surface area (TPSA) is 54.2 Å². The van der Waals surface area contributed by atoms with Crippen LogP contribution in [-0.2, 0) is 13.0 Å². The van der Waals surface area contributed by atoms with E-state index in [4.69, 9.17) is 16.6 Å². The molecular formula is C28H36BClN4O. The van der Waals surface area contributed by atoms with E-state index in [0.717, 1.165) is 62.5 Å². The average Bonchev–Trinajstić information content (AvgIpc) is 3.10. The van der Waals surface area contributed by atoms with Crippen LogP contribution in [0.5, 0.6) is 0 Å². The Morgan fingerprint density at radius 2 is 1.91 bits per heavy atom. The van der Waals surface area contributed by atoms with Gasteiger partial charge in [0.2, 0.25) is 0 Å². The number of imidazole rings is 1. The van der Waals surface area contributed by atoms with Gasteiger partial charge in [0, 0.05) is 29.4 Å². The minimum absolute atomic E-state index is 0.276. The van der Waals surface area contributed by atoms with Crippen LogP contribution in [-0.4, -0.2) is 44.5 Å². The Balaban J connectivity index is 1.45. The molecular weight excluding hydrogens is 455 g/mol. The van der Waals surface area contributed by atoms with Crippen molar-refractivity contribution in [2.24, 2.45) is 5.92 Å². The van der Waals surface area contributed by atoms with Gasteiger partial charge in [-0.25, -0.2) is 4.98 Å². The number of aryl methyl sites for hydroxylation is 2. The van der Waals surface area contributed by atoms with Crippen molar-refractivity contribution in [3.05, 3.63) is 81.7 Å². The summed E-state index contributed by atoms with van der Waals surface area (Å²) in [6.07, 6.45) is 9.27. The van der Waals surface area contributed by atoms with Crippen LogP contribution in [0.1, 0.15) is 71.3 Å². The normalized spacial score (nSPS) is 20.8. The van der Waals surface area contributed by atoms with Crippen LogP contribution < -0.4 is 0 Å². The number of pyridine rings is 1. The molecule has 1 N–H and O–H groups in total. The number of nitrogens with zero attached hydrogens (tertiary/aromatic N) is 4. The average molecular weight is 491 g/mol.